The van der Waals surface area contributed by atoms with Crippen molar-refractivity contribution in [3.8, 4) is 22.3 Å². The topological polar surface area (TPSA) is 0 Å². The number of allylic oxidation sites excluding steroid dienone is 2. The number of hydrogen-bond donors (Lipinski definition) is 0. The molecule has 293 valence electrons. The number of fused-ring (bicyclic) bond motifs is 2. The van der Waals surface area contributed by atoms with Crippen molar-refractivity contribution in [1.82, 2.24) is 0 Å². The van der Waals surface area contributed by atoms with Gasteiger partial charge in [-0.3, -0.25) is 0 Å². The first kappa shape index (κ1) is 42.4. The fourth-order valence-electron chi connectivity index (χ4n) is 10.2. The summed E-state index contributed by atoms with van der Waals surface area (Å²) in [5, 5.41) is 0. The Labute approximate surface area is 343 Å². The Balaban J connectivity index is 1.67. The first-order chi connectivity index (χ1) is 25.4. The van der Waals surface area contributed by atoms with E-state index in [1.807, 2.05) is 0 Å². The van der Waals surface area contributed by atoms with Crippen molar-refractivity contribution in [2.45, 2.75) is 140 Å². The van der Waals surface area contributed by atoms with E-state index >= 15 is 0 Å². The molecule has 0 saturated heterocycles. The van der Waals surface area contributed by atoms with Crippen molar-refractivity contribution in [2.24, 2.45) is 11.8 Å². The van der Waals surface area contributed by atoms with Crippen LogP contribution in [0.2, 0.25) is 4.13 Å². The van der Waals surface area contributed by atoms with Crippen LogP contribution in [0, 0.1) is 53.4 Å². The third-order valence-electron chi connectivity index (χ3n) is 14.1. The van der Waals surface area contributed by atoms with Gasteiger partial charge >= 0.3 is 346 Å². The van der Waals surface area contributed by atoms with Crippen LogP contribution in [0.4, 0.5) is 0 Å². The van der Waals surface area contributed by atoms with Crippen LogP contribution in [0.25, 0.3) is 34.4 Å². The Kier molecular flexibility index (Phi) is 11.0. The van der Waals surface area contributed by atoms with Crippen molar-refractivity contribution in [3.63, 3.8) is 0 Å². The maximum absolute atomic E-state index is 8.89. The zero-order valence-electron chi connectivity index (χ0n) is 37.0. The second-order valence-electron chi connectivity index (χ2n) is 20.0. The van der Waals surface area contributed by atoms with E-state index in [9.17, 15) is 0 Å². The van der Waals surface area contributed by atoms with Crippen LogP contribution >= 0.6 is 17.0 Å². The molecule has 0 N–H and O–H groups in total. The number of halogens is 2. The van der Waals surface area contributed by atoms with Gasteiger partial charge in [-0.2, -0.15) is 0 Å². The number of rotatable bonds is 7. The van der Waals surface area contributed by atoms with Crippen molar-refractivity contribution in [2.75, 3.05) is 0 Å². The zero-order valence-corrected chi connectivity index (χ0v) is 41.0. The van der Waals surface area contributed by atoms with E-state index in [1.54, 1.807) is 0 Å². The second-order valence-corrected chi connectivity index (χ2v) is 42.9. The molecule has 0 bridgehead atoms. The summed E-state index contributed by atoms with van der Waals surface area (Å²) >= 11 is -5.11. The van der Waals surface area contributed by atoms with Gasteiger partial charge in [-0.15, -0.1) is 0 Å². The SMILES string of the molecule is C[CH2][Zr]([Cl])([Cl])([CH]1C(C(C)C)=Cc2c(-c3ccc(C(C)(C)C)cc3)c(C)c(C)c(C)c21)[CH]1C(C(C)C)=Cc2c(-c3ccc(C(C)(C)C)cc3)c(C)c(C)c(C)c21. The van der Waals surface area contributed by atoms with Crippen LogP contribution < -0.4 is 0 Å². The Morgan fingerprint density at radius 2 is 0.818 bits per heavy atom. The summed E-state index contributed by atoms with van der Waals surface area (Å²) < 4.78 is 0.812. The molecule has 3 heteroatoms. The normalized spacial score (nSPS) is 18.0. The Morgan fingerprint density at radius 3 is 1.07 bits per heavy atom. The molecule has 2 atom stereocenters. The molecule has 0 amide bonds. The number of hydrogen-bond acceptors (Lipinski definition) is 0. The summed E-state index contributed by atoms with van der Waals surface area (Å²) in [6.45, 7) is 39.4. The van der Waals surface area contributed by atoms with Gasteiger partial charge in [0.2, 0.25) is 0 Å². The molecular formula is C52H67Cl2Zr. The Morgan fingerprint density at radius 1 is 0.509 bits per heavy atom. The molecule has 0 heterocycles. The second kappa shape index (κ2) is 14.3. The van der Waals surface area contributed by atoms with Crippen molar-refractivity contribution < 1.29 is 16.4 Å². The number of benzene rings is 4. The van der Waals surface area contributed by atoms with Crippen molar-refractivity contribution in [3.05, 3.63) is 126 Å². The minimum absolute atomic E-state index is 0.00491. The third kappa shape index (κ3) is 6.77. The quantitative estimate of drug-likeness (QED) is 0.174. The van der Waals surface area contributed by atoms with E-state index in [2.05, 4.69) is 178 Å². The van der Waals surface area contributed by atoms with Crippen LogP contribution in [-0.2, 0) is 27.2 Å². The fourth-order valence-corrected chi connectivity index (χ4v) is 28.7. The summed E-state index contributed by atoms with van der Waals surface area (Å²) in [5.74, 6) is 0.603. The van der Waals surface area contributed by atoms with Gasteiger partial charge in [0.1, 0.15) is 0 Å². The van der Waals surface area contributed by atoms with Crippen LogP contribution in [0.5, 0.6) is 0 Å². The average Bonchev–Trinajstić information content (AvgIpc) is 3.72. The van der Waals surface area contributed by atoms with E-state index in [0.717, 1.165) is 4.13 Å². The van der Waals surface area contributed by atoms with Gasteiger partial charge in [0.15, 0.2) is 0 Å². The zero-order chi connectivity index (χ0) is 40.9. The van der Waals surface area contributed by atoms with Gasteiger partial charge in [-0.25, -0.2) is 0 Å². The minimum atomic E-state index is -5.11. The molecule has 6 rings (SSSR count). The van der Waals surface area contributed by atoms with Crippen LogP contribution in [0.1, 0.15) is 150 Å². The van der Waals surface area contributed by atoms with Gasteiger partial charge in [0.25, 0.3) is 0 Å². The molecule has 2 unspecified atom stereocenters. The molecule has 2 aliphatic rings. The molecule has 4 aromatic rings. The molecule has 0 fully saturated rings. The Bertz CT molecular complexity index is 2090. The maximum atomic E-state index is 8.89. The van der Waals surface area contributed by atoms with Gasteiger partial charge in [0.05, 0.1) is 0 Å². The van der Waals surface area contributed by atoms with Gasteiger partial charge < -0.3 is 0 Å². The summed E-state index contributed by atoms with van der Waals surface area (Å²) in [6, 6.07) is 18.7. The molecule has 4 aromatic carbocycles. The predicted molar refractivity (Wildman–Crippen MR) is 243 cm³/mol. The van der Waals surface area contributed by atoms with Gasteiger partial charge in [-0.05, 0) is 0 Å². The van der Waals surface area contributed by atoms with Crippen LogP contribution in [0.15, 0.2) is 59.7 Å². The molecule has 0 radical (unpaired) electrons. The van der Waals surface area contributed by atoms with Crippen molar-refractivity contribution >= 4 is 29.2 Å². The fraction of sp³-hybridized carbons (Fsp3) is 0.462. The first-order valence-corrected chi connectivity index (χ1v) is 31.8. The molecule has 0 aromatic heterocycles. The predicted octanol–water partition coefficient (Wildman–Crippen LogP) is 16.8. The molecule has 0 spiro atoms. The third-order valence-corrected chi connectivity index (χ3v) is 34.6. The molecule has 0 nitrogen and oxygen atoms in total. The van der Waals surface area contributed by atoms with Crippen LogP contribution in [0.3, 0.4) is 0 Å². The van der Waals surface area contributed by atoms with E-state index in [-0.39, 0.29) is 18.1 Å². The summed E-state index contributed by atoms with van der Waals surface area (Å²) in [7, 11) is 17.8. The van der Waals surface area contributed by atoms with Gasteiger partial charge in [-0.1, -0.05) is 0 Å². The average molecular weight is 854 g/mol. The van der Waals surface area contributed by atoms with Crippen LogP contribution in [-0.4, -0.2) is 0 Å². The standard InChI is InChI=1S/2C25H31.C2H5.2ClH.Zr/c2*1-15(2)20-13-22-17(4)16(3)18(5)24(23(22)14-20)19-9-11-21(12-10-19)25(6,7)8;1-2;;;/h2*9-15H,1-8H3;1H2,2H3;2*1H;/q;;;;;+2/p-2. The molecule has 0 saturated carbocycles. The molecular weight excluding hydrogens is 787 g/mol. The first-order valence-electron chi connectivity index (χ1n) is 20.9. The van der Waals surface area contributed by atoms with E-state index < -0.39 is 16.4 Å². The molecule has 0 aliphatic heterocycles. The van der Waals surface area contributed by atoms with E-state index in [4.69, 9.17) is 17.0 Å². The van der Waals surface area contributed by atoms with Gasteiger partial charge in [0, 0.05) is 0 Å². The van der Waals surface area contributed by atoms with Crippen molar-refractivity contribution in [1.29, 1.82) is 0 Å². The molecule has 55 heavy (non-hydrogen) atoms. The van der Waals surface area contributed by atoms with E-state index in [0.29, 0.717) is 11.8 Å². The van der Waals surface area contributed by atoms with E-state index in [1.165, 1.54) is 100 Å². The summed E-state index contributed by atoms with van der Waals surface area (Å²) in [4.78, 5) is 0. The summed E-state index contributed by atoms with van der Waals surface area (Å²) in [6.07, 6.45) is 5.07. The monoisotopic (exact) mass is 851 g/mol. The molecule has 2 aliphatic carbocycles. The Hall–Kier alpha value is -2.18. The summed E-state index contributed by atoms with van der Waals surface area (Å²) in [5.41, 5.74) is 24.6.